The zero-order valence-electron chi connectivity index (χ0n) is 20.7. The normalized spacial score (nSPS) is 21.2. The van der Waals surface area contributed by atoms with E-state index in [0.717, 1.165) is 21.6 Å². The van der Waals surface area contributed by atoms with Crippen LogP contribution in [-0.4, -0.2) is 30.4 Å². The zero-order valence-corrected chi connectivity index (χ0v) is 21.5. The quantitative estimate of drug-likeness (QED) is 0.207. The maximum atomic E-state index is 6.59. The van der Waals surface area contributed by atoms with E-state index in [1.807, 2.05) is 72.8 Å². The van der Waals surface area contributed by atoms with Crippen LogP contribution in [0.3, 0.4) is 0 Å². The fourth-order valence-electron chi connectivity index (χ4n) is 4.33. The van der Waals surface area contributed by atoms with Gasteiger partial charge in [-0.15, -0.1) is 0 Å². The van der Waals surface area contributed by atoms with Crippen molar-refractivity contribution in [1.82, 2.24) is 0 Å². The van der Waals surface area contributed by atoms with Gasteiger partial charge in [-0.25, -0.2) is 0 Å². The first-order valence-electron chi connectivity index (χ1n) is 12.6. The summed E-state index contributed by atoms with van der Waals surface area (Å²) in [6.45, 7) is 1.92. The van der Waals surface area contributed by atoms with Gasteiger partial charge in [-0.1, -0.05) is 121 Å². The fourth-order valence-corrected chi connectivity index (χ4v) is 5.48. The molecule has 5 rings (SSSR count). The van der Waals surface area contributed by atoms with Gasteiger partial charge in [-0.05, 0) is 28.8 Å². The standard InChI is InChI=1S/C32H32O4S/c1-5-13-25(14-6-1)21-33-24-29-30(34-22-26-15-7-2-8-16-26)31(35-23-27-17-9-3-10-18-27)32(36-29)37-28-19-11-4-12-20-28/h1-20,29-32H,21-24H2/t29-,30-,31+,32+/m0/s1. The van der Waals surface area contributed by atoms with Gasteiger partial charge < -0.3 is 18.9 Å². The third-order valence-electron chi connectivity index (χ3n) is 6.23. The molecule has 0 amide bonds. The van der Waals surface area contributed by atoms with Gasteiger partial charge in [-0.3, -0.25) is 0 Å². The summed E-state index contributed by atoms with van der Waals surface area (Å²) in [4.78, 5) is 1.13. The van der Waals surface area contributed by atoms with Crippen LogP contribution >= 0.6 is 11.8 Å². The van der Waals surface area contributed by atoms with E-state index >= 15 is 0 Å². The molecule has 0 radical (unpaired) electrons. The molecule has 0 saturated carbocycles. The minimum Gasteiger partial charge on any atom is -0.374 e. The molecule has 5 heteroatoms. The van der Waals surface area contributed by atoms with Gasteiger partial charge >= 0.3 is 0 Å². The summed E-state index contributed by atoms with van der Waals surface area (Å²) in [6, 6.07) is 41.0. The van der Waals surface area contributed by atoms with Crippen LogP contribution in [0.15, 0.2) is 126 Å². The van der Waals surface area contributed by atoms with Crippen molar-refractivity contribution in [3.63, 3.8) is 0 Å². The second-order valence-electron chi connectivity index (χ2n) is 9.00. The van der Waals surface area contributed by atoms with E-state index in [9.17, 15) is 0 Å². The molecule has 1 saturated heterocycles. The molecule has 0 aliphatic carbocycles. The van der Waals surface area contributed by atoms with Crippen molar-refractivity contribution >= 4 is 11.8 Å². The van der Waals surface area contributed by atoms with Gasteiger partial charge in [0.15, 0.2) is 0 Å². The molecule has 1 heterocycles. The van der Waals surface area contributed by atoms with Crippen LogP contribution in [0, 0.1) is 0 Å². The maximum absolute atomic E-state index is 6.59. The molecule has 4 atom stereocenters. The number of thioether (sulfide) groups is 1. The first kappa shape index (κ1) is 25.7. The predicted molar refractivity (Wildman–Crippen MR) is 147 cm³/mol. The van der Waals surface area contributed by atoms with Crippen LogP contribution < -0.4 is 0 Å². The van der Waals surface area contributed by atoms with E-state index in [4.69, 9.17) is 18.9 Å². The van der Waals surface area contributed by atoms with Crippen LogP contribution in [0.4, 0.5) is 0 Å². The highest BCUT2D eigenvalue weighted by Crippen LogP contribution is 2.38. The second-order valence-corrected chi connectivity index (χ2v) is 10.2. The van der Waals surface area contributed by atoms with Crippen LogP contribution in [0.25, 0.3) is 0 Å². The number of benzene rings is 4. The minimum atomic E-state index is -0.277. The lowest BCUT2D eigenvalue weighted by Crippen LogP contribution is -2.38. The fraction of sp³-hybridized carbons (Fsp3) is 0.250. The van der Waals surface area contributed by atoms with Crippen molar-refractivity contribution in [3.05, 3.63) is 138 Å². The average molecular weight is 513 g/mol. The van der Waals surface area contributed by atoms with Crippen molar-refractivity contribution in [2.24, 2.45) is 0 Å². The van der Waals surface area contributed by atoms with Gasteiger partial charge in [0.1, 0.15) is 23.7 Å². The summed E-state index contributed by atoms with van der Waals surface area (Å²) in [5.74, 6) is 0. The largest absolute Gasteiger partial charge is 0.374 e. The molecule has 190 valence electrons. The van der Waals surface area contributed by atoms with Crippen LogP contribution in [0.5, 0.6) is 0 Å². The Kier molecular flexibility index (Phi) is 9.43. The molecule has 1 fully saturated rings. The highest BCUT2D eigenvalue weighted by molar-refractivity contribution is 7.99. The molecule has 37 heavy (non-hydrogen) atoms. The highest BCUT2D eigenvalue weighted by Gasteiger charge is 2.47. The Labute approximate surface area is 223 Å². The summed E-state index contributed by atoms with van der Waals surface area (Å²) in [7, 11) is 0. The lowest BCUT2D eigenvalue weighted by Gasteiger charge is -2.25. The average Bonchev–Trinajstić information content (AvgIpc) is 3.28. The van der Waals surface area contributed by atoms with Gasteiger partial charge in [0, 0.05) is 4.90 Å². The smallest absolute Gasteiger partial charge is 0.137 e. The highest BCUT2D eigenvalue weighted by atomic mass is 32.2. The van der Waals surface area contributed by atoms with Crippen LogP contribution in [0.2, 0.25) is 0 Å². The van der Waals surface area contributed by atoms with Crippen molar-refractivity contribution < 1.29 is 18.9 Å². The van der Waals surface area contributed by atoms with E-state index in [2.05, 4.69) is 48.5 Å². The minimum absolute atomic E-state index is 0.225. The Morgan fingerprint density at radius 2 is 1.00 bits per heavy atom. The third kappa shape index (κ3) is 7.54. The van der Waals surface area contributed by atoms with E-state index in [0.29, 0.717) is 26.4 Å². The third-order valence-corrected chi connectivity index (χ3v) is 7.38. The lowest BCUT2D eigenvalue weighted by molar-refractivity contribution is -0.0895. The molecular weight excluding hydrogens is 480 g/mol. The molecule has 4 nitrogen and oxygen atoms in total. The Balaban J connectivity index is 1.33. The number of ether oxygens (including phenoxy) is 4. The molecule has 0 unspecified atom stereocenters. The molecule has 4 aromatic rings. The summed E-state index contributed by atoms with van der Waals surface area (Å²) in [6.07, 6.45) is -0.797. The Morgan fingerprint density at radius 1 is 0.541 bits per heavy atom. The van der Waals surface area contributed by atoms with Gasteiger partial charge in [0.2, 0.25) is 0 Å². The van der Waals surface area contributed by atoms with Crippen molar-refractivity contribution in [3.8, 4) is 0 Å². The van der Waals surface area contributed by atoms with E-state index in [1.54, 1.807) is 11.8 Å². The summed E-state index contributed by atoms with van der Waals surface area (Å²) >= 11 is 1.67. The van der Waals surface area contributed by atoms with Crippen molar-refractivity contribution in [2.45, 2.75) is 48.5 Å². The molecule has 0 aromatic heterocycles. The van der Waals surface area contributed by atoms with Gasteiger partial charge in [-0.2, -0.15) is 0 Å². The van der Waals surface area contributed by atoms with Gasteiger partial charge in [0.05, 0.1) is 26.4 Å². The van der Waals surface area contributed by atoms with E-state index in [1.165, 1.54) is 0 Å². The number of hydrogen-bond acceptors (Lipinski definition) is 5. The summed E-state index contributed by atoms with van der Waals surface area (Å²) in [5.41, 5.74) is 3.15. The topological polar surface area (TPSA) is 36.9 Å². The molecule has 1 aliphatic rings. The number of hydrogen-bond donors (Lipinski definition) is 0. The maximum Gasteiger partial charge on any atom is 0.137 e. The summed E-state index contributed by atoms with van der Waals surface area (Å²) in [5, 5.41) is 0. The van der Waals surface area contributed by atoms with Crippen LogP contribution in [-0.2, 0) is 38.8 Å². The molecule has 0 N–H and O–H groups in total. The van der Waals surface area contributed by atoms with Crippen LogP contribution in [0.1, 0.15) is 16.7 Å². The molecule has 0 bridgehead atoms. The second kappa shape index (κ2) is 13.6. The first-order chi connectivity index (χ1) is 18.3. The lowest BCUT2D eigenvalue weighted by atomic mass is 10.1. The zero-order chi connectivity index (χ0) is 25.1. The molecular formula is C32H32O4S. The Morgan fingerprint density at radius 3 is 1.54 bits per heavy atom. The molecule has 1 aliphatic heterocycles. The monoisotopic (exact) mass is 512 g/mol. The van der Waals surface area contributed by atoms with Crippen molar-refractivity contribution in [1.29, 1.82) is 0 Å². The first-order valence-corrected chi connectivity index (χ1v) is 13.5. The SMILES string of the molecule is c1ccc(COC[C@@H]2O[C@H](Sc3ccccc3)[C@H](OCc3ccccc3)[C@H]2OCc2ccccc2)cc1. The molecule has 4 aromatic carbocycles. The Hall–Kier alpha value is -2.93. The Bertz CT molecular complexity index is 1170. The van der Waals surface area contributed by atoms with Crippen molar-refractivity contribution in [2.75, 3.05) is 6.61 Å². The van der Waals surface area contributed by atoms with E-state index in [-0.39, 0.29) is 23.7 Å². The number of rotatable bonds is 12. The predicted octanol–water partition coefficient (Wildman–Crippen LogP) is 6.89. The summed E-state index contributed by atoms with van der Waals surface area (Å²) < 4.78 is 25.8. The van der Waals surface area contributed by atoms with E-state index < -0.39 is 0 Å². The van der Waals surface area contributed by atoms with Gasteiger partial charge in [0.25, 0.3) is 0 Å². The molecule has 0 spiro atoms.